The third kappa shape index (κ3) is 2.36. The predicted octanol–water partition coefficient (Wildman–Crippen LogP) is 4.52. The van der Waals surface area contributed by atoms with E-state index >= 15 is 0 Å². The van der Waals surface area contributed by atoms with Crippen LogP contribution in [0.4, 0.5) is 5.69 Å². The van der Waals surface area contributed by atoms with Crippen molar-refractivity contribution in [1.29, 1.82) is 0 Å². The topological polar surface area (TPSA) is 30.2 Å². The third-order valence-electron chi connectivity index (χ3n) is 2.81. The van der Waals surface area contributed by atoms with E-state index in [9.17, 15) is 0 Å². The van der Waals surface area contributed by atoms with E-state index in [1.807, 2.05) is 47.0 Å². The Morgan fingerprint density at radius 1 is 1.16 bits per heavy atom. The number of halogens is 1. The second-order valence-corrected chi connectivity index (χ2v) is 5.07. The van der Waals surface area contributed by atoms with Crippen LogP contribution in [0.15, 0.2) is 58.3 Å². The Morgan fingerprint density at radius 2 is 1.95 bits per heavy atom. The summed E-state index contributed by atoms with van der Waals surface area (Å²) in [5.74, 6) is 0. The zero-order valence-corrected chi connectivity index (χ0v) is 12.1. The highest BCUT2D eigenvalue weighted by Crippen LogP contribution is 2.23. The number of aliphatic imine (C=N–C) groups is 1. The number of benzene rings is 2. The first kappa shape index (κ1) is 12.2. The van der Waals surface area contributed by atoms with Crippen LogP contribution in [-0.4, -0.2) is 14.7 Å². The zero-order valence-electron chi connectivity index (χ0n) is 9.75. The molecule has 3 rings (SSSR count). The summed E-state index contributed by atoms with van der Waals surface area (Å²) in [6.07, 6.45) is 1.80. The fraction of sp³-hybridized carbons (Fsp3) is 0. The Morgan fingerprint density at radius 3 is 2.68 bits per heavy atom. The molecule has 0 aliphatic heterocycles. The number of rotatable bonds is 2. The molecule has 3 aromatic rings. The Bertz CT molecular complexity index is 786. The molecule has 0 aliphatic rings. The van der Waals surface area contributed by atoms with E-state index in [4.69, 9.17) is 0 Å². The van der Waals surface area contributed by atoms with Crippen LogP contribution in [0.25, 0.3) is 16.7 Å². The molecule has 92 valence electrons. The molecule has 0 unspecified atom stereocenters. The molecule has 0 bridgehead atoms. The second kappa shape index (κ2) is 5.05. The summed E-state index contributed by atoms with van der Waals surface area (Å²) in [5, 5.41) is 2.36. The van der Waals surface area contributed by atoms with Gasteiger partial charge in [0.15, 0.2) is 0 Å². The van der Waals surface area contributed by atoms with E-state index in [1.165, 1.54) is 0 Å². The van der Waals surface area contributed by atoms with Crippen molar-refractivity contribution in [1.82, 2.24) is 9.55 Å². The van der Waals surface area contributed by atoms with E-state index in [0.29, 0.717) is 0 Å². The summed E-state index contributed by atoms with van der Waals surface area (Å²) in [7, 11) is 0. The maximum absolute atomic E-state index is 4.60. The molecule has 5 heteroatoms. The lowest BCUT2D eigenvalue weighted by Crippen LogP contribution is -1.90. The van der Waals surface area contributed by atoms with Gasteiger partial charge in [-0.25, -0.2) is 4.98 Å². The third-order valence-corrected chi connectivity index (χ3v) is 3.43. The first-order valence-corrected chi connectivity index (χ1v) is 6.79. The molecule has 1 heterocycles. The highest BCUT2D eigenvalue weighted by Gasteiger charge is 2.05. The van der Waals surface area contributed by atoms with Gasteiger partial charge in [0.1, 0.15) is 6.33 Å². The normalized spacial score (nSPS) is 10.4. The number of hydrogen-bond acceptors (Lipinski definition) is 3. The summed E-state index contributed by atoms with van der Waals surface area (Å²) in [6, 6.07) is 13.9. The van der Waals surface area contributed by atoms with Gasteiger partial charge in [0.25, 0.3) is 0 Å². The van der Waals surface area contributed by atoms with Crippen molar-refractivity contribution in [3.05, 3.63) is 53.3 Å². The number of nitrogens with zero attached hydrogens (tertiary/aromatic N) is 3. The molecule has 0 fully saturated rings. The van der Waals surface area contributed by atoms with Gasteiger partial charge in [-0.2, -0.15) is 4.99 Å². The smallest absolute Gasteiger partial charge is 0.100 e. The first-order valence-electron chi connectivity index (χ1n) is 5.59. The van der Waals surface area contributed by atoms with E-state index < -0.39 is 0 Å². The van der Waals surface area contributed by atoms with Crippen molar-refractivity contribution in [2.45, 2.75) is 0 Å². The summed E-state index contributed by atoms with van der Waals surface area (Å²) in [4.78, 5) is 8.35. The van der Waals surface area contributed by atoms with Crippen molar-refractivity contribution in [2.75, 3.05) is 0 Å². The molecule has 0 spiro atoms. The van der Waals surface area contributed by atoms with Gasteiger partial charge in [-0.3, -0.25) is 4.57 Å². The van der Waals surface area contributed by atoms with Gasteiger partial charge in [-0.05, 0) is 54.7 Å². The largest absolute Gasteiger partial charge is 0.299 e. The monoisotopic (exact) mass is 329 g/mol. The van der Waals surface area contributed by atoms with E-state index in [1.54, 1.807) is 6.33 Å². The van der Waals surface area contributed by atoms with Gasteiger partial charge in [0, 0.05) is 10.2 Å². The molecule has 0 N–H and O–H groups in total. The Kier molecular flexibility index (Phi) is 3.25. The van der Waals surface area contributed by atoms with E-state index in [2.05, 4.69) is 43.3 Å². The lowest BCUT2D eigenvalue weighted by Gasteiger charge is -2.04. The molecule has 0 atom stereocenters. The Labute approximate surface area is 123 Å². The highest BCUT2D eigenvalue weighted by molar-refractivity contribution is 9.10. The molecule has 19 heavy (non-hydrogen) atoms. The average Bonchev–Trinajstić information content (AvgIpc) is 2.83. The van der Waals surface area contributed by atoms with Crippen molar-refractivity contribution in [2.24, 2.45) is 4.99 Å². The van der Waals surface area contributed by atoms with Gasteiger partial charge in [0.2, 0.25) is 0 Å². The fourth-order valence-corrected chi connectivity index (χ4v) is 2.30. The maximum Gasteiger partial charge on any atom is 0.100 e. The molecule has 1 aromatic heterocycles. The number of hydrogen-bond donors (Lipinski definition) is 0. The molecule has 3 nitrogen and oxygen atoms in total. The van der Waals surface area contributed by atoms with Crippen LogP contribution in [0.2, 0.25) is 0 Å². The SMILES string of the molecule is S=C=Nc1ccc2c(c1)ncn2-c1ccc(Br)cc1. The van der Waals surface area contributed by atoms with Crippen LogP contribution < -0.4 is 0 Å². The Balaban J connectivity index is 2.15. The van der Waals surface area contributed by atoms with Crippen LogP contribution in [0, 0.1) is 0 Å². The van der Waals surface area contributed by atoms with Crippen LogP contribution in [0.5, 0.6) is 0 Å². The lowest BCUT2D eigenvalue weighted by molar-refractivity contribution is 1.09. The zero-order chi connectivity index (χ0) is 13.2. The van der Waals surface area contributed by atoms with Crippen molar-refractivity contribution in [3.8, 4) is 5.69 Å². The number of aromatic nitrogens is 2. The van der Waals surface area contributed by atoms with Gasteiger partial charge >= 0.3 is 0 Å². The van der Waals surface area contributed by atoms with Crippen molar-refractivity contribution < 1.29 is 0 Å². The van der Waals surface area contributed by atoms with E-state index in [-0.39, 0.29) is 0 Å². The van der Waals surface area contributed by atoms with Crippen LogP contribution in [-0.2, 0) is 0 Å². The second-order valence-electron chi connectivity index (χ2n) is 3.97. The maximum atomic E-state index is 4.60. The highest BCUT2D eigenvalue weighted by atomic mass is 79.9. The molecule has 0 saturated carbocycles. The molecular formula is C14H8BrN3S. The number of isothiocyanates is 1. The van der Waals surface area contributed by atoms with Gasteiger partial charge in [-0.15, -0.1) is 0 Å². The number of thiocarbonyl (C=S) groups is 1. The molecule has 2 aromatic carbocycles. The predicted molar refractivity (Wildman–Crippen MR) is 83.5 cm³/mol. The van der Waals surface area contributed by atoms with Crippen molar-refractivity contribution >= 4 is 50.0 Å². The summed E-state index contributed by atoms with van der Waals surface area (Å²) >= 11 is 8.04. The summed E-state index contributed by atoms with van der Waals surface area (Å²) in [6.45, 7) is 0. The number of fused-ring (bicyclic) bond motifs is 1. The minimum Gasteiger partial charge on any atom is -0.299 e. The standard InChI is InChI=1S/C14H8BrN3S/c15-10-1-4-12(5-2-10)18-8-16-13-7-11(17-9-19)3-6-14(13)18/h1-8H. The molecule has 0 amide bonds. The minimum atomic E-state index is 0.767. The average molecular weight is 330 g/mol. The minimum absolute atomic E-state index is 0.767. The summed E-state index contributed by atoms with van der Waals surface area (Å²) < 4.78 is 3.09. The van der Waals surface area contributed by atoms with Crippen molar-refractivity contribution in [3.63, 3.8) is 0 Å². The van der Waals surface area contributed by atoms with Gasteiger partial charge < -0.3 is 0 Å². The van der Waals surface area contributed by atoms with Crippen LogP contribution in [0.3, 0.4) is 0 Å². The number of imidazole rings is 1. The molecular weight excluding hydrogens is 322 g/mol. The quantitative estimate of drug-likeness (QED) is 0.511. The summed E-state index contributed by atoms with van der Waals surface area (Å²) in [5.41, 5.74) is 3.75. The molecule has 0 saturated heterocycles. The lowest BCUT2D eigenvalue weighted by atomic mass is 10.2. The van der Waals surface area contributed by atoms with Gasteiger partial charge in [0.05, 0.1) is 21.9 Å². The van der Waals surface area contributed by atoms with Gasteiger partial charge in [-0.1, -0.05) is 15.9 Å². The molecule has 0 radical (unpaired) electrons. The fourth-order valence-electron chi connectivity index (χ4n) is 1.93. The van der Waals surface area contributed by atoms with Crippen LogP contribution in [0.1, 0.15) is 0 Å². The molecule has 0 aliphatic carbocycles. The van der Waals surface area contributed by atoms with Crippen LogP contribution >= 0.6 is 28.1 Å². The van der Waals surface area contributed by atoms with E-state index in [0.717, 1.165) is 26.9 Å². The Hall–Kier alpha value is -1.81. The first-order chi connectivity index (χ1) is 9.28.